The maximum atomic E-state index is 4.56. The highest BCUT2D eigenvalue weighted by molar-refractivity contribution is 7.14. The number of rotatable bonds is 4. The van der Waals surface area contributed by atoms with Crippen LogP contribution in [0.2, 0.25) is 0 Å². The van der Waals surface area contributed by atoms with Crippen LogP contribution >= 0.6 is 11.3 Å². The van der Waals surface area contributed by atoms with Crippen LogP contribution in [0.3, 0.4) is 0 Å². The van der Waals surface area contributed by atoms with Crippen LogP contribution in [-0.4, -0.2) is 16.2 Å². The van der Waals surface area contributed by atoms with E-state index in [1.54, 1.807) is 12.4 Å². The van der Waals surface area contributed by atoms with Crippen molar-refractivity contribution in [3.8, 4) is 11.3 Å². The number of anilines is 1. The third-order valence-electron chi connectivity index (χ3n) is 3.35. The second-order valence-corrected chi connectivity index (χ2v) is 5.82. The Morgan fingerprint density at radius 1 is 1.14 bits per heavy atom. The molecule has 0 fully saturated rings. The average molecular weight is 308 g/mol. The summed E-state index contributed by atoms with van der Waals surface area (Å²) in [4.78, 5) is 8.73. The van der Waals surface area contributed by atoms with Gasteiger partial charge in [-0.25, -0.2) is 4.98 Å². The number of thiazole rings is 1. The topological polar surface area (TPSA) is 50.2 Å². The number of nitrogens with one attached hydrogen (secondary N) is 1. The van der Waals surface area contributed by atoms with Crippen LogP contribution in [0.1, 0.15) is 16.8 Å². The molecule has 1 N–H and O–H groups in total. The second kappa shape index (κ2) is 6.49. The summed E-state index contributed by atoms with van der Waals surface area (Å²) in [6.45, 7) is 4.22. The first kappa shape index (κ1) is 14.4. The predicted octanol–water partition coefficient (Wildman–Crippen LogP) is 4.27. The zero-order valence-corrected chi connectivity index (χ0v) is 13.3. The highest BCUT2D eigenvalue weighted by Crippen LogP contribution is 2.26. The van der Waals surface area contributed by atoms with Gasteiger partial charge in [0.15, 0.2) is 0 Å². The standard InChI is InChI=1S/C17H16N4S/c1-12-6-7-14(9-13(12)2)16-11-22-17(20-16)21-19-10-15-5-3-4-8-18-15/h3-11H,1-2H3,(H,20,21)/b19-10-. The fourth-order valence-corrected chi connectivity index (χ4v) is 2.63. The summed E-state index contributed by atoms with van der Waals surface area (Å²) in [6, 6.07) is 12.1. The molecular weight excluding hydrogens is 292 g/mol. The van der Waals surface area contributed by atoms with E-state index in [-0.39, 0.29) is 0 Å². The fourth-order valence-electron chi connectivity index (χ4n) is 1.96. The van der Waals surface area contributed by atoms with Gasteiger partial charge in [-0.05, 0) is 43.2 Å². The lowest BCUT2D eigenvalue weighted by molar-refractivity contribution is 1.26. The van der Waals surface area contributed by atoms with Crippen LogP contribution in [-0.2, 0) is 0 Å². The maximum absolute atomic E-state index is 4.56. The van der Waals surface area contributed by atoms with E-state index in [4.69, 9.17) is 0 Å². The number of nitrogens with zero attached hydrogens (tertiary/aromatic N) is 3. The average Bonchev–Trinajstić information content (AvgIpc) is 3.00. The third kappa shape index (κ3) is 3.38. The Kier molecular flexibility index (Phi) is 4.25. The largest absolute Gasteiger partial charge is 0.255 e. The molecule has 0 spiro atoms. The first-order chi connectivity index (χ1) is 10.7. The predicted molar refractivity (Wildman–Crippen MR) is 92.5 cm³/mol. The van der Waals surface area contributed by atoms with Gasteiger partial charge in [0.1, 0.15) is 0 Å². The third-order valence-corrected chi connectivity index (χ3v) is 4.10. The van der Waals surface area contributed by atoms with Crippen LogP contribution in [0.15, 0.2) is 53.1 Å². The van der Waals surface area contributed by atoms with Crippen molar-refractivity contribution in [2.75, 3.05) is 5.43 Å². The summed E-state index contributed by atoms with van der Waals surface area (Å²) in [6.07, 6.45) is 3.42. The van der Waals surface area contributed by atoms with Gasteiger partial charge in [0.25, 0.3) is 0 Å². The fraction of sp³-hybridized carbons (Fsp3) is 0.118. The van der Waals surface area contributed by atoms with Crippen molar-refractivity contribution in [1.29, 1.82) is 0 Å². The summed E-state index contributed by atoms with van der Waals surface area (Å²) in [7, 11) is 0. The molecule has 22 heavy (non-hydrogen) atoms. The van der Waals surface area contributed by atoms with E-state index < -0.39 is 0 Å². The second-order valence-electron chi connectivity index (χ2n) is 4.96. The highest BCUT2D eigenvalue weighted by atomic mass is 32.1. The molecule has 0 saturated heterocycles. The van der Waals surface area contributed by atoms with Gasteiger partial charge in [0.05, 0.1) is 17.6 Å². The molecule has 0 aliphatic carbocycles. The summed E-state index contributed by atoms with van der Waals surface area (Å²) in [5, 5.41) is 6.96. The first-order valence-corrected chi connectivity index (χ1v) is 7.83. The number of hydrogen-bond acceptors (Lipinski definition) is 5. The Bertz CT molecular complexity index is 793. The molecule has 2 aromatic heterocycles. The van der Waals surface area contributed by atoms with E-state index in [1.165, 1.54) is 22.5 Å². The zero-order valence-electron chi connectivity index (χ0n) is 12.4. The van der Waals surface area contributed by atoms with Crippen molar-refractivity contribution in [2.45, 2.75) is 13.8 Å². The molecule has 0 unspecified atom stereocenters. The molecule has 0 amide bonds. The van der Waals surface area contributed by atoms with Gasteiger partial charge < -0.3 is 0 Å². The molecule has 0 bridgehead atoms. The Labute approximate surface area is 133 Å². The lowest BCUT2D eigenvalue weighted by Crippen LogP contribution is -1.92. The number of pyridine rings is 1. The smallest absolute Gasteiger partial charge is 0.203 e. The van der Waals surface area contributed by atoms with Crippen molar-refractivity contribution >= 4 is 22.7 Å². The monoisotopic (exact) mass is 308 g/mol. The number of hydrogen-bond donors (Lipinski definition) is 1. The summed E-state index contributed by atoms with van der Waals surface area (Å²) < 4.78 is 0. The van der Waals surface area contributed by atoms with E-state index in [9.17, 15) is 0 Å². The van der Waals surface area contributed by atoms with E-state index in [0.717, 1.165) is 22.1 Å². The normalized spacial score (nSPS) is 11.0. The minimum absolute atomic E-state index is 0.764. The maximum Gasteiger partial charge on any atom is 0.203 e. The summed E-state index contributed by atoms with van der Waals surface area (Å²) >= 11 is 1.53. The SMILES string of the molecule is Cc1ccc(-c2csc(N/N=C\c3ccccn3)n2)cc1C. The van der Waals surface area contributed by atoms with Gasteiger partial charge in [-0.2, -0.15) is 5.10 Å². The van der Waals surface area contributed by atoms with Gasteiger partial charge in [-0.1, -0.05) is 18.2 Å². The molecule has 0 aliphatic heterocycles. The minimum Gasteiger partial charge on any atom is -0.255 e. The molecule has 0 atom stereocenters. The number of hydrazone groups is 1. The minimum atomic E-state index is 0.764. The van der Waals surface area contributed by atoms with E-state index in [1.807, 2.05) is 23.6 Å². The van der Waals surface area contributed by atoms with Crippen molar-refractivity contribution in [2.24, 2.45) is 5.10 Å². The molecule has 0 radical (unpaired) electrons. The van der Waals surface area contributed by atoms with Gasteiger partial charge in [0, 0.05) is 17.1 Å². The molecule has 3 rings (SSSR count). The number of benzene rings is 1. The van der Waals surface area contributed by atoms with Gasteiger partial charge in [0.2, 0.25) is 5.13 Å². The molecule has 0 saturated carbocycles. The Morgan fingerprint density at radius 2 is 2.05 bits per heavy atom. The van der Waals surface area contributed by atoms with Crippen molar-refractivity contribution in [1.82, 2.24) is 9.97 Å². The van der Waals surface area contributed by atoms with E-state index in [0.29, 0.717) is 0 Å². The zero-order chi connectivity index (χ0) is 15.4. The molecule has 0 aliphatic rings. The first-order valence-electron chi connectivity index (χ1n) is 6.95. The molecule has 2 heterocycles. The van der Waals surface area contributed by atoms with E-state index >= 15 is 0 Å². The van der Waals surface area contributed by atoms with Crippen LogP contribution in [0.25, 0.3) is 11.3 Å². The van der Waals surface area contributed by atoms with Crippen molar-refractivity contribution in [3.63, 3.8) is 0 Å². The van der Waals surface area contributed by atoms with Gasteiger partial charge in [-0.15, -0.1) is 11.3 Å². The van der Waals surface area contributed by atoms with E-state index in [2.05, 4.69) is 52.5 Å². The lowest BCUT2D eigenvalue weighted by Gasteiger charge is -2.02. The molecule has 5 heteroatoms. The van der Waals surface area contributed by atoms with Gasteiger partial charge in [-0.3, -0.25) is 10.4 Å². The summed E-state index contributed by atoms with van der Waals surface area (Å²) in [5.74, 6) is 0. The number of aromatic nitrogens is 2. The molecular formula is C17H16N4S. The number of aryl methyl sites for hydroxylation is 2. The van der Waals surface area contributed by atoms with Crippen LogP contribution in [0.5, 0.6) is 0 Å². The Balaban J connectivity index is 1.71. The summed E-state index contributed by atoms with van der Waals surface area (Å²) in [5.41, 5.74) is 8.40. The molecule has 4 nitrogen and oxygen atoms in total. The quantitative estimate of drug-likeness (QED) is 0.578. The highest BCUT2D eigenvalue weighted by Gasteiger charge is 2.05. The molecule has 110 valence electrons. The van der Waals surface area contributed by atoms with Crippen molar-refractivity contribution < 1.29 is 0 Å². The van der Waals surface area contributed by atoms with Crippen molar-refractivity contribution in [3.05, 3.63) is 64.8 Å². The Morgan fingerprint density at radius 3 is 2.82 bits per heavy atom. The lowest BCUT2D eigenvalue weighted by atomic mass is 10.1. The van der Waals surface area contributed by atoms with Gasteiger partial charge >= 0.3 is 0 Å². The van der Waals surface area contributed by atoms with Crippen LogP contribution < -0.4 is 5.43 Å². The Hall–Kier alpha value is -2.53. The molecule has 3 aromatic rings. The van der Waals surface area contributed by atoms with Crippen LogP contribution in [0, 0.1) is 13.8 Å². The van der Waals surface area contributed by atoms with Crippen LogP contribution in [0.4, 0.5) is 5.13 Å². The molecule has 1 aromatic carbocycles.